The number of aromatic nitrogens is 1. The zero-order valence-corrected chi connectivity index (χ0v) is 9.80. The van der Waals surface area contributed by atoms with Crippen LogP contribution >= 0.6 is 15.9 Å². The molecule has 78 valence electrons. The summed E-state index contributed by atoms with van der Waals surface area (Å²) in [6.07, 6.45) is 5.89. The third kappa shape index (κ3) is 1.11. The summed E-state index contributed by atoms with van der Waals surface area (Å²) in [6.45, 7) is 0. The van der Waals surface area contributed by atoms with Crippen molar-refractivity contribution in [3.05, 3.63) is 22.3 Å². The van der Waals surface area contributed by atoms with Crippen molar-refractivity contribution in [2.24, 2.45) is 0 Å². The van der Waals surface area contributed by atoms with Crippen LogP contribution in [0.2, 0.25) is 0 Å². The molecule has 0 radical (unpaired) electrons. The van der Waals surface area contributed by atoms with Gasteiger partial charge in [-0.2, -0.15) is 0 Å². The lowest BCUT2D eigenvalue weighted by Gasteiger charge is -2.21. The van der Waals surface area contributed by atoms with Crippen LogP contribution < -0.4 is 5.32 Å². The first-order chi connectivity index (χ1) is 7.24. The van der Waals surface area contributed by atoms with E-state index in [9.17, 15) is 4.79 Å². The van der Waals surface area contributed by atoms with Gasteiger partial charge in [-0.15, -0.1) is 0 Å². The number of anilines is 1. The Morgan fingerprint density at radius 3 is 2.87 bits per heavy atom. The monoisotopic (exact) mass is 266 g/mol. The van der Waals surface area contributed by atoms with Gasteiger partial charge < -0.3 is 5.32 Å². The fraction of sp³-hybridized carbons (Fsp3) is 0.455. The van der Waals surface area contributed by atoms with Gasteiger partial charge in [0, 0.05) is 16.2 Å². The van der Waals surface area contributed by atoms with Crippen molar-refractivity contribution in [1.29, 1.82) is 0 Å². The second-order valence-electron chi connectivity index (χ2n) is 4.26. The van der Waals surface area contributed by atoms with Gasteiger partial charge in [0.15, 0.2) is 0 Å². The number of carbonyl (C=O) groups is 1. The number of nitrogens with one attached hydrogen (secondary N) is 1. The summed E-state index contributed by atoms with van der Waals surface area (Å²) in [5, 5.41) is 2.89. The SMILES string of the molecule is O=C1Nc2nccc(Br)c2C12CCCC2. The van der Waals surface area contributed by atoms with Crippen molar-refractivity contribution in [3.8, 4) is 0 Å². The molecule has 2 heterocycles. The van der Waals surface area contributed by atoms with Gasteiger partial charge in [-0.3, -0.25) is 4.79 Å². The summed E-state index contributed by atoms with van der Waals surface area (Å²) in [4.78, 5) is 16.3. The number of rotatable bonds is 0. The van der Waals surface area contributed by atoms with E-state index in [0.717, 1.165) is 41.5 Å². The Kier molecular flexibility index (Phi) is 1.89. The van der Waals surface area contributed by atoms with Gasteiger partial charge >= 0.3 is 0 Å². The Balaban J connectivity index is 2.24. The van der Waals surface area contributed by atoms with E-state index >= 15 is 0 Å². The van der Waals surface area contributed by atoms with Crippen LogP contribution in [0.25, 0.3) is 0 Å². The maximum Gasteiger partial charge on any atom is 0.236 e. The molecule has 2 aliphatic rings. The van der Waals surface area contributed by atoms with Crippen LogP contribution in [0.3, 0.4) is 0 Å². The van der Waals surface area contributed by atoms with Crippen LogP contribution in [0.15, 0.2) is 16.7 Å². The fourth-order valence-corrected chi connectivity index (χ4v) is 3.47. The molecular formula is C11H11BrN2O. The Bertz CT molecular complexity index is 438. The van der Waals surface area contributed by atoms with Crippen molar-refractivity contribution in [1.82, 2.24) is 4.98 Å². The van der Waals surface area contributed by atoms with Gasteiger partial charge in [0.1, 0.15) is 5.82 Å². The van der Waals surface area contributed by atoms with E-state index in [2.05, 4.69) is 26.2 Å². The van der Waals surface area contributed by atoms with Crippen LogP contribution in [0.5, 0.6) is 0 Å². The largest absolute Gasteiger partial charge is 0.310 e. The zero-order chi connectivity index (χ0) is 10.5. The molecule has 1 aromatic rings. The molecule has 0 unspecified atom stereocenters. The van der Waals surface area contributed by atoms with Gasteiger partial charge in [-0.1, -0.05) is 28.8 Å². The fourth-order valence-electron chi connectivity index (χ4n) is 2.78. The predicted molar refractivity (Wildman–Crippen MR) is 60.7 cm³/mol. The van der Waals surface area contributed by atoms with Gasteiger partial charge in [0.05, 0.1) is 5.41 Å². The molecule has 3 nitrogen and oxygen atoms in total. The Hall–Kier alpha value is -0.900. The van der Waals surface area contributed by atoms with Crippen LogP contribution in [0.1, 0.15) is 31.2 Å². The molecule has 3 rings (SSSR count). The molecule has 4 heteroatoms. The Morgan fingerprint density at radius 1 is 1.40 bits per heavy atom. The molecule has 15 heavy (non-hydrogen) atoms. The van der Waals surface area contributed by atoms with Crippen molar-refractivity contribution in [3.63, 3.8) is 0 Å². The predicted octanol–water partition coefficient (Wildman–Crippen LogP) is 2.61. The summed E-state index contributed by atoms with van der Waals surface area (Å²) in [5.41, 5.74) is 0.787. The summed E-state index contributed by atoms with van der Waals surface area (Å²) >= 11 is 3.53. The summed E-state index contributed by atoms with van der Waals surface area (Å²) in [5.74, 6) is 0.880. The van der Waals surface area contributed by atoms with Gasteiger partial charge in [0.2, 0.25) is 5.91 Å². The zero-order valence-electron chi connectivity index (χ0n) is 8.22. The summed E-state index contributed by atoms with van der Waals surface area (Å²) in [7, 11) is 0. The average molecular weight is 267 g/mol. The minimum atomic E-state index is -0.289. The molecule has 0 saturated heterocycles. The van der Waals surface area contributed by atoms with Gasteiger partial charge in [-0.05, 0) is 18.9 Å². The molecule has 1 saturated carbocycles. The van der Waals surface area contributed by atoms with E-state index in [0.29, 0.717) is 0 Å². The molecule has 0 aromatic carbocycles. The Morgan fingerprint density at radius 2 is 2.13 bits per heavy atom. The molecule has 1 N–H and O–H groups in total. The van der Waals surface area contributed by atoms with Gasteiger partial charge in [-0.25, -0.2) is 4.98 Å². The first-order valence-electron chi connectivity index (χ1n) is 5.20. The van der Waals surface area contributed by atoms with Gasteiger partial charge in [0.25, 0.3) is 0 Å². The van der Waals surface area contributed by atoms with E-state index in [1.807, 2.05) is 6.07 Å². The molecular weight excluding hydrogens is 256 g/mol. The van der Waals surface area contributed by atoms with Crippen LogP contribution in [-0.4, -0.2) is 10.9 Å². The second kappa shape index (κ2) is 3.04. The minimum absolute atomic E-state index is 0.134. The number of hydrogen-bond acceptors (Lipinski definition) is 2. The highest BCUT2D eigenvalue weighted by Gasteiger charge is 2.50. The van der Waals surface area contributed by atoms with Crippen molar-refractivity contribution in [2.45, 2.75) is 31.1 Å². The highest BCUT2D eigenvalue weighted by Crippen LogP contribution is 2.50. The first-order valence-corrected chi connectivity index (χ1v) is 6.00. The normalized spacial score (nSPS) is 21.8. The smallest absolute Gasteiger partial charge is 0.236 e. The molecule has 1 aliphatic carbocycles. The van der Waals surface area contributed by atoms with E-state index in [-0.39, 0.29) is 11.3 Å². The highest BCUT2D eigenvalue weighted by molar-refractivity contribution is 9.10. The quantitative estimate of drug-likeness (QED) is 0.785. The minimum Gasteiger partial charge on any atom is -0.310 e. The second-order valence-corrected chi connectivity index (χ2v) is 5.11. The Labute approximate surface area is 96.4 Å². The lowest BCUT2D eigenvalue weighted by molar-refractivity contribution is -0.120. The summed E-state index contributed by atoms with van der Waals surface area (Å²) in [6, 6.07) is 1.92. The topological polar surface area (TPSA) is 42.0 Å². The van der Waals surface area contributed by atoms with E-state index < -0.39 is 0 Å². The number of pyridine rings is 1. The maximum atomic E-state index is 12.0. The highest BCUT2D eigenvalue weighted by atomic mass is 79.9. The van der Waals surface area contributed by atoms with E-state index in [4.69, 9.17) is 0 Å². The molecule has 1 aromatic heterocycles. The van der Waals surface area contributed by atoms with Crippen LogP contribution in [0.4, 0.5) is 5.82 Å². The maximum absolute atomic E-state index is 12.0. The molecule has 1 fully saturated rings. The van der Waals surface area contributed by atoms with Crippen molar-refractivity contribution in [2.75, 3.05) is 5.32 Å². The number of fused-ring (bicyclic) bond motifs is 2. The average Bonchev–Trinajstić information content (AvgIpc) is 2.77. The van der Waals surface area contributed by atoms with Crippen molar-refractivity contribution >= 4 is 27.7 Å². The van der Waals surface area contributed by atoms with Crippen molar-refractivity contribution < 1.29 is 4.79 Å². The molecule has 1 aliphatic heterocycles. The first kappa shape index (κ1) is 9.33. The van der Waals surface area contributed by atoms with Crippen LogP contribution in [0, 0.1) is 0 Å². The third-order valence-electron chi connectivity index (χ3n) is 3.50. The molecule has 1 spiro atoms. The number of carbonyl (C=O) groups excluding carboxylic acids is 1. The number of amides is 1. The standard InChI is InChI=1S/C11H11BrN2O/c12-7-3-6-13-9-8(7)11(10(15)14-9)4-1-2-5-11/h3,6H,1-2,4-5H2,(H,13,14,15). The molecule has 0 atom stereocenters. The van der Waals surface area contributed by atoms with E-state index in [1.165, 1.54) is 0 Å². The van der Waals surface area contributed by atoms with Crippen LogP contribution in [-0.2, 0) is 10.2 Å². The summed E-state index contributed by atoms with van der Waals surface area (Å²) < 4.78 is 1.01. The number of hydrogen-bond donors (Lipinski definition) is 1. The molecule has 1 amide bonds. The molecule has 0 bridgehead atoms. The van der Waals surface area contributed by atoms with E-state index in [1.54, 1.807) is 6.20 Å². The lowest BCUT2D eigenvalue weighted by Crippen LogP contribution is -2.31. The lowest BCUT2D eigenvalue weighted by atomic mass is 9.81. The number of nitrogens with zero attached hydrogens (tertiary/aromatic N) is 1. The third-order valence-corrected chi connectivity index (χ3v) is 4.16. The number of halogens is 1.